The van der Waals surface area contributed by atoms with Crippen LogP contribution in [0.1, 0.15) is 30.2 Å². The monoisotopic (exact) mass is 493 g/mol. The number of piperazine rings is 1. The molecule has 180 valence electrons. The summed E-state index contributed by atoms with van der Waals surface area (Å²) in [6, 6.07) is 3.09. The van der Waals surface area contributed by atoms with Crippen LogP contribution in [0.15, 0.2) is 28.8 Å². The van der Waals surface area contributed by atoms with Crippen molar-refractivity contribution in [3.8, 4) is 0 Å². The van der Waals surface area contributed by atoms with Crippen LogP contribution in [0.25, 0.3) is 0 Å². The van der Waals surface area contributed by atoms with E-state index < -0.39 is 45.4 Å². The lowest BCUT2D eigenvalue weighted by atomic mass is 9.96. The number of amides is 1. The van der Waals surface area contributed by atoms with Gasteiger partial charge in [-0.1, -0.05) is 11.2 Å². The predicted octanol–water partition coefficient (Wildman–Crippen LogP) is 3.19. The van der Waals surface area contributed by atoms with Crippen LogP contribution in [0.2, 0.25) is 0 Å². The molecule has 2 aliphatic rings. The summed E-state index contributed by atoms with van der Waals surface area (Å²) in [6.07, 6.45) is -4.40. The van der Waals surface area contributed by atoms with Gasteiger partial charge in [0.1, 0.15) is 9.84 Å². The second kappa shape index (κ2) is 8.58. The number of hydrogen-bond donors (Lipinski definition) is 0. The summed E-state index contributed by atoms with van der Waals surface area (Å²) < 4.78 is 93.9. The first-order chi connectivity index (χ1) is 15.4. The van der Waals surface area contributed by atoms with Gasteiger partial charge in [-0.2, -0.15) is 13.2 Å². The van der Waals surface area contributed by atoms with Crippen LogP contribution < -0.4 is 4.90 Å². The van der Waals surface area contributed by atoms with E-state index >= 15 is 0 Å². The zero-order valence-corrected chi connectivity index (χ0v) is 18.0. The normalized spacial score (nSPS) is 21.9. The van der Waals surface area contributed by atoms with Gasteiger partial charge < -0.3 is 14.3 Å². The predicted molar refractivity (Wildman–Crippen MR) is 106 cm³/mol. The number of sulfone groups is 1. The fourth-order valence-corrected chi connectivity index (χ4v) is 5.67. The summed E-state index contributed by atoms with van der Waals surface area (Å²) in [7, 11) is -3.19. The smallest absolute Gasteiger partial charge is 0.350 e. The molecule has 1 unspecified atom stereocenters. The number of rotatable bonds is 3. The highest BCUT2D eigenvalue weighted by molar-refractivity contribution is 7.91. The number of alkyl halides is 3. The topological polar surface area (TPSA) is 83.7 Å². The van der Waals surface area contributed by atoms with Crippen molar-refractivity contribution in [1.82, 2.24) is 10.1 Å². The molecule has 3 heterocycles. The number of halogens is 5. The highest BCUT2D eigenvalue weighted by Gasteiger charge is 2.40. The maximum Gasteiger partial charge on any atom is 0.452 e. The van der Waals surface area contributed by atoms with E-state index in [1.807, 2.05) is 0 Å². The Balaban J connectivity index is 1.61. The molecule has 2 aromatic rings. The summed E-state index contributed by atoms with van der Waals surface area (Å²) in [5.41, 5.74) is 0.259. The molecule has 1 aromatic carbocycles. The lowest BCUT2D eigenvalue weighted by Crippen LogP contribution is -2.53. The van der Waals surface area contributed by atoms with Gasteiger partial charge in [0.15, 0.2) is 17.5 Å². The lowest BCUT2D eigenvalue weighted by Gasteiger charge is -2.43. The summed E-state index contributed by atoms with van der Waals surface area (Å²) in [6.45, 7) is 0.159. The molecule has 1 aromatic heterocycles. The molecule has 7 nitrogen and oxygen atoms in total. The Bertz CT molecular complexity index is 1140. The molecule has 1 atom stereocenters. The zero-order valence-electron chi connectivity index (χ0n) is 17.2. The van der Waals surface area contributed by atoms with E-state index in [0.29, 0.717) is 0 Å². The van der Waals surface area contributed by atoms with Crippen molar-refractivity contribution in [2.45, 2.75) is 25.1 Å². The van der Waals surface area contributed by atoms with Crippen LogP contribution in [-0.4, -0.2) is 55.5 Å². The SMILES string of the molecule is O=C(C1CCS(=O)(=O)CC1)N1CCN(c2cc(C(F)(F)F)on2)CC1c1ccc(F)c(F)c1. The molecule has 4 rings (SSSR count). The zero-order chi connectivity index (χ0) is 24.0. The van der Waals surface area contributed by atoms with Crippen molar-refractivity contribution in [2.75, 3.05) is 36.0 Å². The molecule has 0 aliphatic carbocycles. The molecule has 2 fully saturated rings. The van der Waals surface area contributed by atoms with E-state index in [1.54, 1.807) is 0 Å². The average molecular weight is 493 g/mol. The number of carbonyl (C=O) groups is 1. The van der Waals surface area contributed by atoms with Crippen molar-refractivity contribution in [1.29, 1.82) is 0 Å². The first-order valence-electron chi connectivity index (χ1n) is 10.2. The summed E-state index contributed by atoms with van der Waals surface area (Å²) >= 11 is 0. The molecule has 13 heteroatoms. The third-order valence-electron chi connectivity index (χ3n) is 6.00. The molecule has 1 amide bonds. The van der Waals surface area contributed by atoms with Crippen LogP contribution in [0, 0.1) is 17.6 Å². The first-order valence-corrected chi connectivity index (χ1v) is 12.0. The van der Waals surface area contributed by atoms with E-state index in [2.05, 4.69) is 9.68 Å². The fraction of sp³-hybridized carbons (Fsp3) is 0.500. The molecular weight excluding hydrogens is 473 g/mol. The van der Waals surface area contributed by atoms with Crippen LogP contribution in [0.3, 0.4) is 0 Å². The fourth-order valence-electron chi connectivity index (χ4n) is 4.18. The van der Waals surface area contributed by atoms with Crippen molar-refractivity contribution in [3.63, 3.8) is 0 Å². The van der Waals surface area contributed by atoms with Gasteiger partial charge in [0, 0.05) is 31.6 Å². The van der Waals surface area contributed by atoms with Crippen molar-refractivity contribution < 1.29 is 39.7 Å². The second-order valence-electron chi connectivity index (χ2n) is 8.14. The van der Waals surface area contributed by atoms with Gasteiger partial charge in [-0.05, 0) is 30.5 Å². The van der Waals surface area contributed by atoms with Crippen LogP contribution >= 0.6 is 0 Å². The Morgan fingerprint density at radius 1 is 1.06 bits per heavy atom. The minimum atomic E-state index is -4.72. The Labute approximate surface area is 186 Å². The number of anilines is 1. The molecule has 0 saturated carbocycles. The van der Waals surface area contributed by atoms with Crippen LogP contribution in [0.4, 0.5) is 27.8 Å². The highest BCUT2D eigenvalue weighted by Crippen LogP contribution is 2.35. The second-order valence-corrected chi connectivity index (χ2v) is 10.4. The van der Waals surface area contributed by atoms with E-state index in [-0.39, 0.29) is 61.3 Å². The van der Waals surface area contributed by atoms with Gasteiger partial charge in [0.05, 0.1) is 17.5 Å². The van der Waals surface area contributed by atoms with Gasteiger partial charge in [-0.3, -0.25) is 4.79 Å². The Kier molecular flexibility index (Phi) is 6.10. The molecule has 2 saturated heterocycles. The largest absolute Gasteiger partial charge is 0.452 e. The number of benzene rings is 1. The third kappa shape index (κ3) is 4.97. The van der Waals surface area contributed by atoms with Crippen LogP contribution in [0.5, 0.6) is 0 Å². The van der Waals surface area contributed by atoms with Crippen molar-refractivity contribution in [2.24, 2.45) is 5.92 Å². The maximum atomic E-state index is 13.9. The van der Waals surface area contributed by atoms with Crippen LogP contribution in [-0.2, 0) is 20.8 Å². The van der Waals surface area contributed by atoms with Gasteiger partial charge in [0.25, 0.3) is 0 Å². The molecule has 0 spiro atoms. The van der Waals surface area contributed by atoms with E-state index in [0.717, 1.165) is 18.2 Å². The molecule has 0 N–H and O–H groups in total. The third-order valence-corrected chi connectivity index (χ3v) is 7.71. The van der Waals surface area contributed by atoms with Crippen molar-refractivity contribution >= 4 is 21.6 Å². The Morgan fingerprint density at radius 3 is 2.36 bits per heavy atom. The highest BCUT2D eigenvalue weighted by atomic mass is 32.2. The van der Waals surface area contributed by atoms with E-state index in [4.69, 9.17) is 0 Å². The summed E-state index contributed by atoms with van der Waals surface area (Å²) in [4.78, 5) is 16.2. The molecule has 2 aliphatic heterocycles. The van der Waals surface area contributed by atoms with Crippen molar-refractivity contribution in [3.05, 3.63) is 47.2 Å². The minimum Gasteiger partial charge on any atom is -0.350 e. The minimum absolute atomic E-state index is 0.0361. The molecule has 33 heavy (non-hydrogen) atoms. The Hall–Kier alpha value is -2.70. The van der Waals surface area contributed by atoms with E-state index in [1.165, 1.54) is 15.9 Å². The molecule has 0 bridgehead atoms. The maximum absolute atomic E-state index is 13.9. The van der Waals surface area contributed by atoms with Gasteiger partial charge in [-0.15, -0.1) is 0 Å². The number of nitrogens with zero attached hydrogens (tertiary/aromatic N) is 3. The standard InChI is InChI=1S/C20H20F5N3O4S/c21-14-2-1-13(9-15(14)22)16-11-27(18-10-17(32-26-18)20(23,24)25)5-6-28(16)19(29)12-3-7-33(30,31)8-4-12/h1-2,9-10,12,16H,3-8,11H2. The summed E-state index contributed by atoms with van der Waals surface area (Å²) in [5, 5.41) is 3.47. The molecule has 0 radical (unpaired) electrons. The number of carbonyl (C=O) groups excluding carboxylic acids is 1. The average Bonchev–Trinajstić information content (AvgIpc) is 3.26. The van der Waals surface area contributed by atoms with Gasteiger partial charge >= 0.3 is 6.18 Å². The number of hydrogen-bond acceptors (Lipinski definition) is 6. The van der Waals surface area contributed by atoms with E-state index in [9.17, 15) is 35.2 Å². The molecular formula is C20H20F5N3O4S. The number of aromatic nitrogens is 1. The van der Waals surface area contributed by atoms with Gasteiger partial charge in [-0.25, -0.2) is 17.2 Å². The quantitative estimate of drug-likeness (QED) is 0.611. The lowest BCUT2D eigenvalue weighted by molar-refractivity contribution is -0.155. The first kappa shape index (κ1) is 23.5. The summed E-state index contributed by atoms with van der Waals surface area (Å²) in [5.74, 6) is -4.66. The Morgan fingerprint density at radius 2 is 1.76 bits per heavy atom. The van der Waals surface area contributed by atoms with Gasteiger partial charge in [0.2, 0.25) is 11.7 Å².